The van der Waals surface area contributed by atoms with Crippen LogP contribution in [0.5, 0.6) is 0 Å². The molecule has 0 amide bonds. The average molecular weight is 2020 g/mol. The van der Waals surface area contributed by atoms with E-state index >= 15 is 0 Å². The first kappa shape index (κ1) is 89.5. The molecule has 3 aliphatic rings. The van der Waals surface area contributed by atoms with Crippen molar-refractivity contribution < 1.29 is 4.42 Å². The van der Waals surface area contributed by atoms with Crippen LogP contribution in [-0.4, -0.2) is 0 Å². The Morgan fingerprint density at radius 1 is 0.155 bits per heavy atom. The molecule has 680 valence electrons. The first-order chi connectivity index (χ1) is 69.0. The van der Waals surface area contributed by atoms with Crippen molar-refractivity contribution in [2.24, 2.45) is 0 Å². The molecule has 24 aromatic rings. The molecule has 1 heterocycles. The molecule has 1 nitrogen and oxygen atoms in total. The quantitative estimate of drug-likeness (QED) is 0.140. The molecular weight excluding hydrogens is 1910 g/mol. The van der Waals surface area contributed by atoms with Gasteiger partial charge in [0.15, 0.2) is 0 Å². The fourth-order valence-corrected chi connectivity index (χ4v) is 24.9. The molecule has 0 radical (unpaired) electrons. The van der Waals surface area contributed by atoms with Gasteiger partial charge in [-0.25, -0.2) is 0 Å². The first-order valence-corrected chi connectivity index (χ1v) is 51.5. The monoisotopic (exact) mass is 2010 g/mol. The molecule has 142 heavy (non-hydrogen) atoms. The number of rotatable bonds is 9. The van der Waals surface area contributed by atoms with Gasteiger partial charge in [-0.1, -0.05) is 424 Å². The lowest BCUT2D eigenvalue weighted by molar-refractivity contribution is 0.601. The minimum atomic E-state index is 0.933. The third kappa shape index (κ3) is 16.0. The predicted octanol–water partition coefficient (Wildman–Crippen LogP) is 41.5. The van der Waals surface area contributed by atoms with Gasteiger partial charge < -0.3 is 4.42 Å². The summed E-state index contributed by atoms with van der Waals surface area (Å²) in [5.74, 6) is 1.87. The summed E-state index contributed by atoms with van der Waals surface area (Å²) in [6.45, 7) is 26.2. The summed E-state index contributed by atoms with van der Waals surface area (Å²) in [7, 11) is 0. The minimum Gasteiger partial charge on any atom is -0.455 e. The first-order valence-electron chi connectivity index (χ1n) is 49.2. The van der Waals surface area contributed by atoms with E-state index in [4.69, 9.17) is 4.42 Å². The second-order valence-electron chi connectivity index (χ2n) is 39.9. The molecule has 0 aliphatic heterocycles. The molecule has 0 saturated carbocycles. The highest BCUT2D eigenvalue weighted by Gasteiger charge is 2.35. The van der Waals surface area contributed by atoms with E-state index in [9.17, 15) is 0 Å². The molecule has 0 fully saturated rings. The number of hydrogen-bond donors (Lipinski definition) is 0. The van der Waals surface area contributed by atoms with Crippen LogP contribution in [0.4, 0.5) is 0 Å². The van der Waals surface area contributed by atoms with Crippen LogP contribution in [-0.2, 0) is 0 Å². The van der Waals surface area contributed by atoms with Crippen molar-refractivity contribution >= 4 is 157 Å². The van der Waals surface area contributed by atoms with Crippen LogP contribution >= 0.6 is 47.8 Å². The van der Waals surface area contributed by atoms with Gasteiger partial charge >= 0.3 is 0 Å². The number of benzene rings is 23. The fourth-order valence-electron chi connectivity index (χ4n) is 23.8. The molecule has 0 atom stereocenters. The zero-order valence-electron chi connectivity index (χ0n) is 81.6. The van der Waals surface area contributed by atoms with Crippen molar-refractivity contribution in [1.82, 2.24) is 0 Å². The molecule has 3 aliphatic carbocycles. The Kier molecular flexibility index (Phi) is 22.6. The summed E-state index contributed by atoms with van der Waals surface area (Å²) < 4.78 is 9.73. The normalized spacial score (nSPS) is 11.9. The fraction of sp³-hybridized carbons (Fsp3) is 0.0870. The summed E-state index contributed by atoms with van der Waals surface area (Å²) in [6.07, 6.45) is 4.42. The van der Waals surface area contributed by atoms with Crippen LogP contribution in [0.15, 0.2) is 400 Å². The molecule has 23 aromatic carbocycles. The lowest BCUT2D eigenvalue weighted by atomic mass is 9.81. The van der Waals surface area contributed by atoms with E-state index < -0.39 is 0 Å². The molecule has 27 rings (SSSR count). The maximum absolute atomic E-state index is 6.49. The summed E-state index contributed by atoms with van der Waals surface area (Å²) in [5, 5.41) is 23.1. The van der Waals surface area contributed by atoms with Gasteiger partial charge in [-0.15, -0.1) is 0 Å². The zero-order valence-corrected chi connectivity index (χ0v) is 86.3. The van der Waals surface area contributed by atoms with Crippen molar-refractivity contribution in [3.63, 3.8) is 0 Å². The Bertz CT molecular complexity index is 9090. The molecule has 0 bridgehead atoms. The van der Waals surface area contributed by atoms with Gasteiger partial charge in [0.25, 0.3) is 0 Å². The van der Waals surface area contributed by atoms with Crippen LogP contribution in [0.25, 0.3) is 254 Å². The largest absolute Gasteiger partial charge is 0.455 e. The predicted molar refractivity (Wildman–Crippen MR) is 622 cm³/mol. The topological polar surface area (TPSA) is 13.1 Å². The summed E-state index contributed by atoms with van der Waals surface area (Å²) in [5.41, 5.74) is 48.8. The Balaban J connectivity index is 0.000000107. The van der Waals surface area contributed by atoms with Crippen molar-refractivity contribution in [3.05, 3.63) is 473 Å². The maximum atomic E-state index is 6.49. The SMILES string of the molecule is C1=Cc2ccc(-c3ccc4ccccc4c3)c3cccc1c23.Cc1cc(C)cc(-c2c3c(c(-c4cc(C)cc(C)c4)c4cc(Br)ccc24)-c2ccc(-c4ccc5ccccc5c4)c4cccc-3c24)c1.Cc1cc(C)cc(-c2c3c(c(-c4cc(C)cc(C)c4)c4cc(Br)ccc24)-c2cccc4c(-c5ccc6ccccc6c5)ccc-3c24)c1.Cc1cc(C)cc(-c2oc(-c3cc(C)cc(C)c3)c3cc(Br)ccc23)c1. The van der Waals surface area contributed by atoms with Crippen LogP contribution in [0.1, 0.15) is 77.9 Å². The Morgan fingerprint density at radius 3 is 0.775 bits per heavy atom. The van der Waals surface area contributed by atoms with E-state index in [0.29, 0.717) is 0 Å². The zero-order chi connectivity index (χ0) is 96.9. The Morgan fingerprint density at radius 2 is 0.423 bits per heavy atom. The second kappa shape index (κ2) is 35.9. The maximum Gasteiger partial charge on any atom is 0.142 e. The number of fused-ring (bicyclic) bond motifs is 12. The average Bonchev–Trinajstić information content (AvgIpc) is 1.53. The van der Waals surface area contributed by atoms with E-state index in [1.165, 1.54) is 286 Å². The van der Waals surface area contributed by atoms with Gasteiger partial charge in [0.2, 0.25) is 0 Å². The molecule has 0 unspecified atom stereocenters. The number of aryl methyl sites for hydroxylation is 12. The highest BCUT2D eigenvalue weighted by molar-refractivity contribution is 9.11. The van der Waals surface area contributed by atoms with Crippen molar-refractivity contribution in [2.75, 3.05) is 0 Å². The molecule has 4 heteroatoms. The Labute approximate surface area is 855 Å². The van der Waals surface area contributed by atoms with Gasteiger partial charge in [-0.2, -0.15) is 0 Å². The smallest absolute Gasteiger partial charge is 0.142 e. The van der Waals surface area contributed by atoms with E-state index in [-0.39, 0.29) is 0 Å². The van der Waals surface area contributed by atoms with Gasteiger partial charge in [0, 0.05) is 35.3 Å². The third-order valence-electron chi connectivity index (χ3n) is 29.1. The van der Waals surface area contributed by atoms with Crippen molar-refractivity contribution in [2.45, 2.75) is 83.1 Å². The van der Waals surface area contributed by atoms with Crippen LogP contribution in [0.3, 0.4) is 0 Å². The molecular formula is C138H101Br3O. The second-order valence-corrected chi connectivity index (χ2v) is 42.6. The van der Waals surface area contributed by atoms with Gasteiger partial charge in [-0.3, -0.25) is 0 Å². The summed E-state index contributed by atoms with van der Waals surface area (Å²) >= 11 is 11.3. The van der Waals surface area contributed by atoms with E-state index in [1.54, 1.807) is 0 Å². The van der Waals surface area contributed by atoms with Gasteiger partial charge in [-0.05, 0) is 388 Å². The number of hydrogen-bond acceptors (Lipinski definition) is 1. The molecule has 1 aromatic heterocycles. The summed E-state index contributed by atoms with van der Waals surface area (Å²) in [4.78, 5) is 0. The standard InChI is InChI=1S/2C46H33Br.C24H21BrO.C22H14/c1-26-18-27(2)21-33(20-26)42-38-15-14-35(47)25-41(38)43(34-22-28(3)19-29(4)23-34)45-39-11-7-10-37-36(16-17-40(44(37)39)46(42)45)32-13-12-30-8-5-6-9-31(30)24-32;1-26-18-27(2)21-33(20-26)42-38-15-14-35(47)25-41(38)43(34-22-28(3)19-29(4)23-34)46-40-17-16-36(37-10-7-11-39(44(37)40)45(42)46)32-13-12-30-8-5-6-9-31(30)24-32;1-14-7-15(2)10-18(9-14)23-21-6-5-20(25)13-22(21)24(26-23)19-11-16(3)8-17(4)12-19;1-2-5-18-14-19(11-8-15(18)4-1)20-13-12-17-10-9-16-6-3-7-21(20)22(16)17/h2*5-25H,1-4H3;5-13H,1-4H3;1-14H. The minimum absolute atomic E-state index is 0.933. The summed E-state index contributed by atoms with van der Waals surface area (Å²) in [6, 6.07) is 142. The highest BCUT2D eigenvalue weighted by Crippen LogP contribution is 2.62. The van der Waals surface area contributed by atoms with Crippen LogP contribution < -0.4 is 0 Å². The lowest BCUT2D eigenvalue weighted by Gasteiger charge is -2.21. The third-order valence-corrected chi connectivity index (χ3v) is 30.6. The van der Waals surface area contributed by atoms with E-state index in [0.717, 1.165) is 46.8 Å². The van der Waals surface area contributed by atoms with Crippen LogP contribution in [0, 0.1) is 83.1 Å². The highest BCUT2D eigenvalue weighted by atomic mass is 79.9. The Hall–Kier alpha value is -15.1. The van der Waals surface area contributed by atoms with Gasteiger partial charge in [0.05, 0.1) is 0 Å². The molecule has 0 saturated heterocycles. The lowest BCUT2D eigenvalue weighted by Crippen LogP contribution is -1.95. The van der Waals surface area contributed by atoms with E-state index in [1.807, 2.05) is 0 Å². The molecule has 0 spiro atoms. The van der Waals surface area contributed by atoms with Gasteiger partial charge in [0.1, 0.15) is 11.5 Å². The number of halogens is 3. The van der Waals surface area contributed by atoms with E-state index in [2.05, 4.69) is 525 Å². The van der Waals surface area contributed by atoms with Crippen molar-refractivity contribution in [3.8, 4) is 145 Å². The number of furan rings is 1. The molecule has 0 N–H and O–H groups in total. The van der Waals surface area contributed by atoms with Crippen LogP contribution in [0.2, 0.25) is 0 Å². The van der Waals surface area contributed by atoms with Crippen molar-refractivity contribution in [1.29, 1.82) is 0 Å².